The lowest BCUT2D eigenvalue weighted by molar-refractivity contribution is -0.142. The molecule has 2 aliphatic rings. The van der Waals surface area contributed by atoms with Crippen molar-refractivity contribution in [2.75, 3.05) is 0 Å². The molecule has 0 fully saturated rings. The Bertz CT molecular complexity index is 1110. The van der Waals surface area contributed by atoms with E-state index in [1.807, 2.05) is 41.3 Å². The average molecular weight is 442 g/mol. The first-order chi connectivity index (χ1) is 14.4. The number of carboxylic acid groups (broad SMARTS) is 1. The number of carbonyl (C=O) groups is 2. The van der Waals surface area contributed by atoms with Gasteiger partial charge in [-0.1, -0.05) is 65.7 Å². The van der Waals surface area contributed by atoms with E-state index < -0.39 is 11.9 Å². The molecule has 2 aromatic rings. The van der Waals surface area contributed by atoms with E-state index in [0.29, 0.717) is 27.9 Å². The maximum absolute atomic E-state index is 12.9. The van der Waals surface area contributed by atoms with E-state index in [9.17, 15) is 14.7 Å². The lowest BCUT2D eigenvalue weighted by Crippen LogP contribution is -2.32. The van der Waals surface area contributed by atoms with Gasteiger partial charge in [0.15, 0.2) is 0 Å². The summed E-state index contributed by atoms with van der Waals surface area (Å²) >= 11 is 12.1. The van der Waals surface area contributed by atoms with Crippen LogP contribution in [0.2, 0.25) is 10.0 Å². The standard InChI is InChI=1S/C23H17Cl2NO4/c24-18-8-6-15(10-19(18)25)12-26-20-9-7-16(22(27)28)17(20)11-21(26)23(29)30-13-14-4-2-1-3-5-14/h1-11,20H,12-13H2,(H,27,28). The molecule has 1 N–H and O–H groups in total. The van der Waals surface area contributed by atoms with E-state index in [1.54, 1.807) is 30.4 Å². The third kappa shape index (κ3) is 3.99. The van der Waals surface area contributed by atoms with Crippen molar-refractivity contribution in [3.63, 3.8) is 0 Å². The minimum atomic E-state index is -1.03. The van der Waals surface area contributed by atoms with Crippen LogP contribution in [-0.4, -0.2) is 28.0 Å². The fourth-order valence-electron chi connectivity index (χ4n) is 3.55. The molecule has 152 valence electrons. The lowest BCUT2D eigenvalue weighted by Gasteiger charge is -2.27. The molecular weight excluding hydrogens is 425 g/mol. The number of benzene rings is 2. The van der Waals surface area contributed by atoms with Gasteiger partial charge in [0.05, 0.1) is 21.7 Å². The first-order valence-electron chi connectivity index (χ1n) is 9.23. The first kappa shape index (κ1) is 20.3. The molecule has 0 bridgehead atoms. The molecule has 0 spiro atoms. The van der Waals surface area contributed by atoms with Crippen LogP contribution in [0.25, 0.3) is 0 Å². The second kappa shape index (κ2) is 8.38. The van der Waals surface area contributed by atoms with Gasteiger partial charge in [0.2, 0.25) is 0 Å². The molecule has 0 amide bonds. The predicted octanol–water partition coefficient (Wildman–Crippen LogP) is 4.76. The number of hydrogen-bond acceptors (Lipinski definition) is 4. The van der Waals surface area contributed by atoms with Crippen molar-refractivity contribution in [1.82, 2.24) is 4.90 Å². The first-order valence-corrected chi connectivity index (χ1v) is 9.98. The van der Waals surface area contributed by atoms with Crippen LogP contribution in [0.4, 0.5) is 0 Å². The fourth-order valence-corrected chi connectivity index (χ4v) is 3.87. The molecule has 0 saturated heterocycles. The van der Waals surface area contributed by atoms with E-state index >= 15 is 0 Å². The number of aliphatic carboxylic acids is 1. The van der Waals surface area contributed by atoms with Crippen molar-refractivity contribution in [2.45, 2.75) is 19.2 Å². The van der Waals surface area contributed by atoms with Crippen molar-refractivity contribution in [3.8, 4) is 0 Å². The van der Waals surface area contributed by atoms with Crippen molar-refractivity contribution in [2.24, 2.45) is 0 Å². The summed E-state index contributed by atoms with van der Waals surface area (Å²) in [4.78, 5) is 26.3. The zero-order chi connectivity index (χ0) is 21.3. The average Bonchev–Trinajstić information content (AvgIpc) is 3.30. The summed E-state index contributed by atoms with van der Waals surface area (Å²) in [5.41, 5.74) is 2.75. The van der Waals surface area contributed by atoms with E-state index in [2.05, 4.69) is 0 Å². The molecule has 0 radical (unpaired) electrons. The molecular formula is C23H17Cl2NO4. The fraction of sp³-hybridized carbons (Fsp3) is 0.130. The zero-order valence-corrected chi connectivity index (χ0v) is 17.2. The highest BCUT2D eigenvalue weighted by Crippen LogP contribution is 2.37. The third-order valence-corrected chi connectivity index (χ3v) is 5.74. The maximum atomic E-state index is 12.9. The summed E-state index contributed by atoms with van der Waals surface area (Å²) < 4.78 is 5.49. The normalized spacial score (nSPS) is 17.2. The Balaban J connectivity index is 1.61. The Hall–Kier alpha value is -3.02. The third-order valence-electron chi connectivity index (χ3n) is 5.00. The number of carbonyl (C=O) groups excluding carboxylic acids is 1. The Morgan fingerprint density at radius 2 is 1.80 bits per heavy atom. The number of fused-ring (bicyclic) bond motifs is 1. The van der Waals surface area contributed by atoms with E-state index in [1.165, 1.54) is 0 Å². The molecule has 2 aromatic carbocycles. The van der Waals surface area contributed by atoms with Crippen LogP contribution in [-0.2, 0) is 27.5 Å². The van der Waals surface area contributed by atoms with Gasteiger partial charge >= 0.3 is 11.9 Å². The summed E-state index contributed by atoms with van der Waals surface area (Å²) in [6.07, 6.45) is 4.93. The summed E-state index contributed by atoms with van der Waals surface area (Å²) in [7, 11) is 0. The molecule has 7 heteroatoms. The van der Waals surface area contributed by atoms with Gasteiger partial charge < -0.3 is 14.7 Å². The van der Waals surface area contributed by atoms with Gasteiger partial charge in [0, 0.05) is 6.54 Å². The zero-order valence-electron chi connectivity index (χ0n) is 15.7. The van der Waals surface area contributed by atoms with Crippen LogP contribution in [0, 0.1) is 0 Å². The molecule has 1 aliphatic carbocycles. The van der Waals surface area contributed by atoms with Crippen LogP contribution in [0.3, 0.4) is 0 Å². The quantitative estimate of drug-likeness (QED) is 0.654. The number of esters is 1. The highest BCUT2D eigenvalue weighted by atomic mass is 35.5. The molecule has 5 nitrogen and oxygen atoms in total. The minimum absolute atomic E-state index is 0.128. The number of ether oxygens (including phenoxy) is 1. The van der Waals surface area contributed by atoms with Gasteiger partial charge in [0.1, 0.15) is 12.3 Å². The SMILES string of the molecule is O=C(O)C1=C2C=C(C(=O)OCc3ccccc3)N(Cc3ccc(Cl)c(Cl)c3)C2C=C1. The summed E-state index contributed by atoms with van der Waals surface area (Å²) in [6.45, 7) is 0.470. The van der Waals surface area contributed by atoms with Gasteiger partial charge in [-0.05, 0) is 41.0 Å². The van der Waals surface area contributed by atoms with Gasteiger partial charge in [-0.15, -0.1) is 0 Å². The number of nitrogens with zero attached hydrogens (tertiary/aromatic N) is 1. The second-order valence-electron chi connectivity index (χ2n) is 6.95. The van der Waals surface area contributed by atoms with Gasteiger partial charge in [0.25, 0.3) is 0 Å². The smallest absolute Gasteiger partial charge is 0.354 e. The maximum Gasteiger partial charge on any atom is 0.354 e. The Morgan fingerprint density at radius 1 is 1.03 bits per heavy atom. The van der Waals surface area contributed by atoms with E-state index in [4.69, 9.17) is 27.9 Å². The highest BCUT2D eigenvalue weighted by molar-refractivity contribution is 6.42. The lowest BCUT2D eigenvalue weighted by atomic mass is 10.1. The highest BCUT2D eigenvalue weighted by Gasteiger charge is 2.38. The second-order valence-corrected chi connectivity index (χ2v) is 7.76. The number of halogens is 2. The van der Waals surface area contributed by atoms with Crippen LogP contribution in [0.5, 0.6) is 0 Å². The van der Waals surface area contributed by atoms with Crippen LogP contribution in [0.15, 0.2) is 83.6 Å². The van der Waals surface area contributed by atoms with Crippen molar-refractivity contribution < 1.29 is 19.4 Å². The van der Waals surface area contributed by atoms with Crippen LogP contribution in [0.1, 0.15) is 11.1 Å². The van der Waals surface area contributed by atoms with Crippen molar-refractivity contribution in [3.05, 3.63) is 105 Å². The summed E-state index contributed by atoms with van der Waals surface area (Å²) in [6, 6.07) is 14.2. The van der Waals surface area contributed by atoms with E-state index in [-0.39, 0.29) is 18.2 Å². The Morgan fingerprint density at radius 3 is 2.50 bits per heavy atom. The molecule has 1 unspecified atom stereocenters. The molecule has 1 heterocycles. The minimum Gasteiger partial charge on any atom is -0.478 e. The molecule has 30 heavy (non-hydrogen) atoms. The molecule has 0 aromatic heterocycles. The Kier molecular flexibility index (Phi) is 5.66. The molecule has 0 saturated carbocycles. The van der Waals surface area contributed by atoms with Crippen LogP contribution >= 0.6 is 23.2 Å². The molecule has 4 rings (SSSR count). The van der Waals surface area contributed by atoms with Crippen LogP contribution < -0.4 is 0 Å². The van der Waals surface area contributed by atoms with Gasteiger partial charge in [-0.2, -0.15) is 0 Å². The van der Waals surface area contributed by atoms with E-state index in [0.717, 1.165) is 11.1 Å². The molecule has 1 aliphatic heterocycles. The predicted molar refractivity (Wildman–Crippen MR) is 114 cm³/mol. The van der Waals surface area contributed by atoms with Crippen molar-refractivity contribution in [1.29, 1.82) is 0 Å². The summed E-state index contributed by atoms with van der Waals surface area (Å²) in [5, 5.41) is 10.3. The van der Waals surface area contributed by atoms with Gasteiger partial charge in [-0.25, -0.2) is 9.59 Å². The largest absolute Gasteiger partial charge is 0.478 e. The number of rotatable bonds is 6. The number of hydrogen-bond donors (Lipinski definition) is 1. The van der Waals surface area contributed by atoms with Crippen molar-refractivity contribution >= 4 is 35.1 Å². The Labute approximate surface area is 183 Å². The topological polar surface area (TPSA) is 66.8 Å². The summed E-state index contributed by atoms with van der Waals surface area (Å²) in [5.74, 6) is -1.55. The van der Waals surface area contributed by atoms with Gasteiger partial charge in [-0.3, -0.25) is 0 Å². The number of carboxylic acids is 1. The monoisotopic (exact) mass is 441 g/mol. The molecule has 1 atom stereocenters.